The van der Waals surface area contributed by atoms with Crippen LogP contribution in [-0.2, 0) is 5.41 Å². The summed E-state index contributed by atoms with van der Waals surface area (Å²) in [6.07, 6.45) is 2.60. The summed E-state index contributed by atoms with van der Waals surface area (Å²) in [6, 6.07) is 6.00. The second-order valence-corrected chi connectivity index (χ2v) is 8.99. The lowest BCUT2D eigenvalue weighted by Gasteiger charge is -2.25. The zero-order chi connectivity index (χ0) is 16.9. The van der Waals surface area contributed by atoms with E-state index in [0.717, 1.165) is 29.7 Å². The van der Waals surface area contributed by atoms with Gasteiger partial charge in [-0.3, -0.25) is 10.2 Å². The van der Waals surface area contributed by atoms with E-state index in [1.807, 2.05) is 17.0 Å². The predicted octanol–water partition coefficient (Wildman–Crippen LogP) is 4.18. The van der Waals surface area contributed by atoms with Crippen LogP contribution in [-0.4, -0.2) is 42.6 Å². The molecule has 1 atom stereocenters. The first-order valence-electron chi connectivity index (χ1n) is 7.65. The van der Waals surface area contributed by atoms with Crippen molar-refractivity contribution in [2.45, 2.75) is 11.8 Å². The summed E-state index contributed by atoms with van der Waals surface area (Å²) in [5, 5.41) is 3.38. The van der Waals surface area contributed by atoms with Gasteiger partial charge in [-0.2, -0.15) is 0 Å². The standard InChI is InChI=1S/C16H16BrClN4OS/c1-21-5-4-16(8-21)9-22(12-3-2-10(17)6-11(12)16)15(23)20-14-19-7-13(18)24-14/h2-3,6-7H,4-5,8-9H2,1H3,(H,19,20,23)/t16-/m0/s1. The van der Waals surface area contributed by atoms with Crippen molar-refractivity contribution in [1.82, 2.24) is 9.88 Å². The molecule has 1 fully saturated rings. The number of rotatable bonds is 1. The molecule has 1 aromatic carbocycles. The van der Waals surface area contributed by atoms with Crippen LogP contribution in [0.2, 0.25) is 4.34 Å². The molecular formula is C16H16BrClN4OS. The Morgan fingerprint density at radius 2 is 2.29 bits per heavy atom. The average Bonchev–Trinajstić information content (AvgIpc) is 3.20. The van der Waals surface area contributed by atoms with Crippen molar-refractivity contribution in [3.8, 4) is 0 Å². The Morgan fingerprint density at radius 1 is 1.46 bits per heavy atom. The van der Waals surface area contributed by atoms with Crippen molar-refractivity contribution in [3.05, 3.63) is 38.8 Å². The number of carbonyl (C=O) groups is 1. The summed E-state index contributed by atoms with van der Waals surface area (Å²) in [7, 11) is 2.13. The molecule has 8 heteroatoms. The van der Waals surface area contributed by atoms with Gasteiger partial charge in [0.2, 0.25) is 0 Å². The van der Waals surface area contributed by atoms with Crippen molar-refractivity contribution in [2.24, 2.45) is 0 Å². The number of carbonyl (C=O) groups excluding carboxylic acids is 1. The van der Waals surface area contributed by atoms with Gasteiger partial charge in [-0.05, 0) is 43.8 Å². The zero-order valence-corrected chi connectivity index (χ0v) is 16.2. The van der Waals surface area contributed by atoms with E-state index in [1.165, 1.54) is 16.9 Å². The first-order valence-corrected chi connectivity index (χ1v) is 9.64. The van der Waals surface area contributed by atoms with Crippen molar-refractivity contribution in [3.63, 3.8) is 0 Å². The molecule has 0 saturated carbocycles. The maximum absolute atomic E-state index is 12.8. The Kier molecular flexibility index (Phi) is 4.07. The fourth-order valence-electron chi connectivity index (χ4n) is 3.72. The molecule has 0 radical (unpaired) electrons. The molecule has 0 bridgehead atoms. The Labute approximate surface area is 157 Å². The van der Waals surface area contributed by atoms with Gasteiger partial charge in [0, 0.05) is 28.7 Å². The maximum Gasteiger partial charge on any atom is 0.328 e. The van der Waals surface area contributed by atoms with Gasteiger partial charge in [-0.1, -0.05) is 38.9 Å². The minimum atomic E-state index is -0.156. The lowest BCUT2D eigenvalue weighted by molar-refractivity contribution is 0.256. The van der Waals surface area contributed by atoms with E-state index in [4.69, 9.17) is 11.6 Å². The number of hydrogen-bond donors (Lipinski definition) is 1. The van der Waals surface area contributed by atoms with Crippen LogP contribution in [0.4, 0.5) is 15.6 Å². The summed E-state index contributed by atoms with van der Waals surface area (Å²) in [5.74, 6) is 0. The van der Waals surface area contributed by atoms with Gasteiger partial charge in [0.25, 0.3) is 0 Å². The second-order valence-electron chi connectivity index (χ2n) is 6.42. The van der Waals surface area contributed by atoms with E-state index in [2.05, 4.69) is 44.2 Å². The average molecular weight is 428 g/mol. The normalized spacial score (nSPS) is 23.0. The Bertz CT molecular complexity index is 813. The summed E-state index contributed by atoms with van der Waals surface area (Å²) < 4.78 is 1.61. The smallest absolute Gasteiger partial charge is 0.305 e. The third-order valence-electron chi connectivity index (χ3n) is 4.76. The molecule has 24 heavy (non-hydrogen) atoms. The highest BCUT2D eigenvalue weighted by molar-refractivity contribution is 9.10. The molecule has 2 aliphatic rings. The molecule has 126 valence electrons. The summed E-state index contributed by atoms with van der Waals surface area (Å²) in [4.78, 5) is 21.1. The molecule has 1 aromatic heterocycles. The van der Waals surface area contributed by atoms with Crippen LogP contribution in [0.1, 0.15) is 12.0 Å². The van der Waals surface area contributed by atoms with E-state index in [-0.39, 0.29) is 11.4 Å². The van der Waals surface area contributed by atoms with Crippen molar-refractivity contribution in [1.29, 1.82) is 0 Å². The number of hydrogen-bond acceptors (Lipinski definition) is 4. The van der Waals surface area contributed by atoms with Gasteiger partial charge in [-0.25, -0.2) is 9.78 Å². The molecule has 1 saturated heterocycles. The van der Waals surface area contributed by atoms with E-state index < -0.39 is 0 Å². The molecule has 1 spiro atoms. The third-order valence-corrected chi connectivity index (χ3v) is 6.29. The minimum Gasteiger partial charge on any atom is -0.305 e. The largest absolute Gasteiger partial charge is 0.328 e. The first kappa shape index (κ1) is 16.3. The maximum atomic E-state index is 12.8. The summed E-state index contributed by atoms with van der Waals surface area (Å²) >= 11 is 10.7. The molecule has 2 aromatic rings. The minimum absolute atomic E-state index is 0.00568. The number of likely N-dealkylation sites (tertiary alicyclic amines) is 1. The number of urea groups is 1. The van der Waals surface area contributed by atoms with Crippen molar-refractivity contribution in [2.75, 3.05) is 36.9 Å². The molecule has 0 aliphatic carbocycles. The van der Waals surface area contributed by atoms with Gasteiger partial charge in [0.05, 0.1) is 6.20 Å². The van der Waals surface area contributed by atoms with E-state index in [9.17, 15) is 4.79 Å². The first-order chi connectivity index (χ1) is 11.5. The van der Waals surface area contributed by atoms with E-state index >= 15 is 0 Å². The number of anilines is 2. The summed E-state index contributed by atoms with van der Waals surface area (Å²) in [6.45, 7) is 2.70. The van der Waals surface area contributed by atoms with Gasteiger partial charge < -0.3 is 4.90 Å². The number of nitrogens with zero attached hydrogens (tertiary/aromatic N) is 3. The number of halogens is 2. The Hall–Kier alpha value is -1.15. The third kappa shape index (κ3) is 2.73. The number of amides is 2. The van der Waals surface area contributed by atoms with Crippen LogP contribution < -0.4 is 10.2 Å². The highest BCUT2D eigenvalue weighted by Gasteiger charge is 2.48. The summed E-state index contributed by atoms with van der Waals surface area (Å²) in [5.41, 5.74) is 2.23. The van der Waals surface area contributed by atoms with Crippen LogP contribution >= 0.6 is 38.9 Å². The molecular weight excluding hydrogens is 412 g/mol. The van der Waals surface area contributed by atoms with E-state index in [0.29, 0.717) is 16.0 Å². The van der Waals surface area contributed by atoms with Crippen LogP contribution in [0.5, 0.6) is 0 Å². The van der Waals surface area contributed by atoms with Gasteiger partial charge in [-0.15, -0.1) is 0 Å². The molecule has 1 N–H and O–H groups in total. The zero-order valence-electron chi connectivity index (χ0n) is 13.1. The molecule has 3 heterocycles. The fraction of sp³-hybridized carbons (Fsp3) is 0.375. The molecule has 4 rings (SSSR count). The monoisotopic (exact) mass is 426 g/mol. The van der Waals surface area contributed by atoms with Gasteiger partial charge in [0.15, 0.2) is 5.13 Å². The van der Waals surface area contributed by atoms with Gasteiger partial charge >= 0.3 is 6.03 Å². The topological polar surface area (TPSA) is 48.5 Å². The molecule has 5 nitrogen and oxygen atoms in total. The SMILES string of the molecule is CN1CC[C@]2(C1)CN(C(=O)Nc1ncc(Cl)s1)c1ccc(Br)cc12. The van der Waals surface area contributed by atoms with E-state index in [1.54, 1.807) is 6.20 Å². The molecule has 2 aliphatic heterocycles. The van der Waals surface area contributed by atoms with Crippen LogP contribution in [0, 0.1) is 0 Å². The number of benzene rings is 1. The lowest BCUT2D eigenvalue weighted by atomic mass is 9.82. The number of nitrogens with one attached hydrogen (secondary N) is 1. The number of fused-ring (bicyclic) bond motifs is 2. The molecule has 2 amide bonds. The Morgan fingerprint density at radius 3 is 2.96 bits per heavy atom. The number of thiazole rings is 1. The second kappa shape index (κ2) is 5.98. The van der Waals surface area contributed by atoms with Crippen molar-refractivity contribution >= 4 is 55.7 Å². The van der Waals surface area contributed by atoms with Gasteiger partial charge in [0.1, 0.15) is 4.34 Å². The lowest BCUT2D eigenvalue weighted by Crippen LogP contribution is -2.40. The van der Waals surface area contributed by atoms with Crippen LogP contribution in [0.3, 0.4) is 0 Å². The van der Waals surface area contributed by atoms with Crippen LogP contribution in [0.25, 0.3) is 0 Å². The quantitative estimate of drug-likeness (QED) is 0.742. The number of aromatic nitrogens is 1. The Balaban J connectivity index is 1.67. The highest BCUT2D eigenvalue weighted by atomic mass is 79.9. The highest BCUT2D eigenvalue weighted by Crippen LogP contribution is 2.47. The van der Waals surface area contributed by atoms with Crippen LogP contribution in [0.15, 0.2) is 28.9 Å². The van der Waals surface area contributed by atoms with Crippen molar-refractivity contribution < 1.29 is 4.79 Å². The predicted molar refractivity (Wildman–Crippen MR) is 101 cm³/mol. The fourth-order valence-corrected chi connectivity index (χ4v) is 4.89. The molecule has 0 unspecified atom stereocenters. The number of likely N-dealkylation sites (N-methyl/N-ethyl adjacent to an activating group) is 1.